The van der Waals surface area contributed by atoms with Gasteiger partial charge in [0, 0.05) is 19.5 Å². The van der Waals surface area contributed by atoms with E-state index in [0.717, 1.165) is 31.8 Å². The quantitative estimate of drug-likeness (QED) is 0.415. The first kappa shape index (κ1) is 19.8. The van der Waals surface area contributed by atoms with Crippen molar-refractivity contribution in [3.8, 4) is 5.75 Å². The summed E-state index contributed by atoms with van der Waals surface area (Å²) in [6.07, 6.45) is 0.971. The highest BCUT2D eigenvalue weighted by Crippen LogP contribution is 2.14. The van der Waals surface area contributed by atoms with Crippen molar-refractivity contribution in [1.82, 2.24) is 15.0 Å². The third kappa shape index (κ3) is 6.05. The normalized spacial score (nSPS) is 13.8. The molecular formula is C19H25N5O4. The highest BCUT2D eigenvalue weighted by atomic mass is 16.7. The van der Waals surface area contributed by atoms with Crippen LogP contribution in [0, 0.1) is 0 Å². The molecule has 1 N–H and O–H groups in total. The van der Waals surface area contributed by atoms with E-state index in [0.29, 0.717) is 37.4 Å². The van der Waals surface area contributed by atoms with Crippen molar-refractivity contribution in [3.05, 3.63) is 36.2 Å². The number of morpholine rings is 1. The third-order valence-electron chi connectivity index (χ3n) is 3.99. The summed E-state index contributed by atoms with van der Waals surface area (Å²) in [4.78, 5) is 27.3. The van der Waals surface area contributed by atoms with E-state index in [1.165, 1.54) is 0 Å². The lowest BCUT2D eigenvalue weighted by atomic mass is 10.3. The summed E-state index contributed by atoms with van der Waals surface area (Å²) in [7, 11) is 0. The molecule has 1 aliphatic heterocycles. The van der Waals surface area contributed by atoms with Crippen LogP contribution in [0.1, 0.15) is 19.2 Å². The Hall–Kier alpha value is -2.94. The van der Waals surface area contributed by atoms with Crippen LogP contribution < -0.4 is 15.0 Å². The third-order valence-corrected chi connectivity index (χ3v) is 3.99. The van der Waals surface area contributed by atoms with Crippen molar-refractivity contribution in [1.29, 1.82) is 0 Å². The first-order valence-corrected chi connectivity index (χ1v) is 9.46. The molecule has 0 bridgehead atoms. The fourth-order valence-corrected chi connectivity index (χ4v) is 2.64. The molecule has 0 unspecified atom stereocenters. The van der Waals surface area contributed by atoms with Gasteiger partial charge in [-0.15, -0.1) is 0 Å². The Morgan fingerprint density at radius 1 is 1.18 bits per heavy atom. The van der Waals surface area contributed by atoms with Crippen molar-refractivity contribution in [2.24, 2.45) is 0 Å². The fraction of sp³-hybridized carbons (Fsp3) is 0.474. The Morgan fingerprint density at radius 3 is 2.71 bits per heavy atom. The first-order valence-electron chi connectivity index (χ1n) is 9.46. The summed E-state index contributed by atoms with van der Waals surface area (Å²) in [5, 5.41) is 3.09. The molecule has 1 aliphatic rings. The van der Waals surface area contributed by atoms with Gasteiger partial charge in [-0.05, 0) is 18.6 Å². The van der Waals surface area contributed by atoms with Crippen LogP contribution in [0.15, 0.2) is 30.3 Å². The minimum absolute atomic E-state index is 0.132. The Balaban J connectivity index is 1.51. The molecule has 0 radical (unpaired) electrons. The molecule has 0 saturated carbocycles. The summed E-state index contributed by atoms with van der Waals surface area (Å²) < 4.78 is 15.5. The number of hydrogen-bond donors (Lipinski definition) is 1. The highest BCUT2D eigenvalue weighted by molar-refractivity contribution is 5.63. The topological polar surface area (TPSA) is 98.7 Å². The summed E-state index contributed by atoms with van der Waals surface area (Å²) in [6.45, 7) is 5.41. The van der Waals surface area contributed by atoms with Crippen molar-refractivity contribution in [2.75, 3.05) is 49.7 Å². The van der Waals surface area contributed by atoms with Crippen LogP contribution in [0.4, 0.5) is 16.7 Å². The highest BCUT2D eigenvalue weighted by Gasteiger charge is 2.16. The van der Waals surface area contributed by atoms with Crippen LogP contribution in [0.5, 0.6) is 5.75 Å². The summed E-state index contributed by atoms with van der Waals surface area (Å²) in [5.74, 6) is 2.30. The van der Waals surface area contributed by atoms with E-state index in [1.54, 1.807) is 24.3 Å². The second kappa shape index (κ2) is 10.4. The van der Waals surface area contributed by atoms with Gasteiger partial charge in [-0.25, -0.2) is 4.79 Å². The zero-order valence-electron chi connectivity index (χ0n) is 16.0. The van der Waals surface area contributed by atoms with Gasteiger partial charge in [0.25, 0.3) is 0 Å². The fourth-order valence-electron chi connectivity index (χ4n) is 2.64. The number of para-hydroxylation sites is 1. The molecule has 28 heavy (non-hydrogen) atoms. The number of hydrogen-bond acceptors (Lipinski definition) is 9. The zero-order chi connectivity index (χ0) is 19.6. The molecule has 1 fully saturated rings. The lowest BCUT2D eigenvalue weighted by molar-refractivity contribution is 0.103. The summed E-state index contributed by atoms with van der Waals surface area (Å²) in [6, 6.07) is 8.78. The average molecular weight is 387 g/mol. The number of aryl methyl sites for hydroxylation is 1. The Labute approximate surface area is 164 Å². The van der Waals surface area contributed by atoms with Gasteiger partial charge in [0.05, 0.1) is 19.8 Å². The van der Waals surface area contributed by atoms with Crippen LogP contribution in [-0.2, 0) is 15.9 Å². The molecular weight excluding hydrogens is 362 g/mol. The molecule has 2 heterocycles. The number of benzene rings is 1. The lowest BCUT2D eigenvalue weighted by Gasteiger charge is -2.27. The summed E-state index contributed by atoms with van der Waals surface area (Å²) >= 11 is 0. The van der Waals surface area contributed by atoms with Crippen molar-refractivity contribution >= 4 is 18.1 Å². The monoisotopic (exact) mass is 387 g/mol. The van der Waals surface area contributed by atoms with Crippen LogP contribution in [0.25, 0.3) is 0 Å². The first-order chi connectivity index (χ1) is 13.7. The van der Waals surface area contributed by atoms with Crippen molar-refractivity contribution in [3.63, 3.8) is 0 Å². The van der Waals surface area contributed by atoms with Gasteiger partial charge in [0.15, 0.2) is 0 Å². The smallest absolute Gasteiger partial charge is 0.432 e. The number of carbonyl (C=O) groups excluding carboxylic acids is 1. The summed E-state index contributed by atoms with van der Waals surface area (Å²) in [5.41, 5.74) is 0. The SMILES string of the molecule is CCCc1nc(NCCOC(=O)Oc2ccccc2)nc(N2CCOCC2)n1. The molecule has 0 atom stereocenters. The van der Waals surface area contributed by atoms with Gasteiger partial charge in [0.1, 0.15) is 18.2 Å². The van der Waals surface area contributed by atoms with E-state index in [-0.39, 0.29) is 6.61 Å². The second-order valence-electron chi connectivity index (χ2n) is 6.17. The number of aromatic nitrogens is 3. The van der Waals surface area contributed by atoms with Crippen LogP contribution in [0.3, 0.4) is 0 Å². The van der Waals surface area contributed by atoms with E-state index in [1.807, 2.05) is 6.07 Å². The average Bonchev–Trinajstić information content (AvgIpc) is 2.73. The minimum Gasteiger partial charge on any atom is -0.432 e. The Kier molecular flexibility index (Phi) is 7.36. The minimum atomic E-state index is -0.746. The van der Waals surface area contributed by atoms with Gasteiger partial charge in [-0.1, -0.05) is 25.1 Å². The van der Waals surface area contributed by atoms with E-state index < -0.39 is 6.16 Å². The lowest BCUT2D eigenvalue weighted by Crippen LogP contribution is -2.37. The second-order valence-corrected chi connectivity index (χ2v) is 6.17. The molecule has 150 valence electrons. The maximum absolute atomic E-state index is 11.7. The zero-order valence-corrected chi connectivity index (χ0v) is 16.0. The molecule has 3 rings (SSSR count). The van der Waals surface area contributed by atoms with E-state index in [9.17, 15) is 4.79 Å². The molecule has 1 aromatic carbocycles. The van der Waals surface area contributed by atoms with Gasteiger partial charge >= 0.3 is 6.16 Å². The van der Waals surface area contributed by atoms with Crippen LogP contribution >= 0.6 is 0 Å². The largest absolute Gasteiger partial charge is 0.513 e. The van der Waals surface area contributed by atoms with E-state index >= 15 is 0 Å². The van der Waals surface area contributed by atoms with Crippen LogP contribution in [-0.4, -0.2) is 60.6 Å². The maximum atomic E-state index is 11.7. The molecule has 0 spiro atoms. The van der Waals surface area contributed by atoms with Gasteiger partial charge in [0.2, 0.25) is 11.9 Å². The molecule has 9 nitrogen and oxygen atoms in total. The molecule has 0 amide bonds. The standard InChI is InChI=1S/C19H25N5O4/c1-2-6-16-21-17(23-18(22-16)24-10-13-26-14-11-24)20-9-12-27-19(25)28-15-7-4-3-5-8-15/h3-5,7-8H,2,6,9-14H2,1H3,(H,20,21,22,23). The van der Waals surface area contributed by atoms with Gasteiger partial charge in [-0.3, -0.25) is 0 Å². The predicted octanol–water partition coefficient (Wildman–Crippen LogP) is 2.29. The number of ether oxygens (including phenoxy) is 3. The van der Waals surface area contributed by atoms with Crippen molar-refractivity contribution < 1.29 is 19.0 Å². The molecule has 2 aromatic rings. The Morgan fingerprint density at radius 2 is 1.96 bits per heavy atom. The number of anilines is 2. The number of nitrogens with one attached hydrogen (secondary N) is 1. The van der Waals surface area contributed by atoms with Gasteiger partial charge in [-0.2, -0.15) is 15.0 Å². The predicted molar refractivity (Wildman–Crippen MR) is 104 cm³/mol. The number of carbonyl (C=O) groups is 1. The maximum Gasteiger partial charge on any atom is 0.513 e. The van der Waals surface area contributed by atoms with Gasteiger partial charge < -0.3 is 24.4 Å². The molecule has 0 aliphatic carbocycles. The van der Waals surface area contributed by atoms with E-state index in [2.05, 4.69) is 32.1 Å². The number of nitrogens with zero attached hydrogens (tertiary/aromatic N) is 4. The van der Waals surface area contributed by atoms with E-state index in [4.69, 9.17) is 14.2 Å². The van der Waals surface area contributed by atoms with Crippen molar-refractivity contribution in [2.45, 2.75) is 19.8 Å². The Bertz CT molecular complexity index is 753. The molecule has 1 saturated heterocycles. The van der Waals surface area contributed by atoms with Crippen LogP contribution in [0.2, 0.25) is 0 Å². The molecule has 9 heteroatoms. The number of rotatable bonds is 8. The molecule has 1 aromatic heterocycles.